The number of aliphatic carboxylic acids is 1. The van der Waals surface area contributed by atoms with Crippen LogP contribution in [0.3, 0.4) is 0 Å². The molecule has 2 unspecified atom stereocenters. The van der Waals surface area contributed by atoms with Gasteiger partial charge in [0.05, 0.1) is 17.1 Å². The molecule has 0 bridgehead atoms. The molecule has 0 spiro atoms. The third-order valence-corrected chi connectivity index (χ3v) is 9.05. The first-order chi connectivity index (χ1) is 16.7. The quantitative estimate of drug-likeness (QED) is 0.491. The predicted octanol–water partition coefficient (Wildman–Crippen LogP) is 3.60. The number of carboxylic acid groups (broad SMARTS) is 1. The monoisotopic (exact) mass is 500 g/mol. The van der Waals surface area contributed by atoms with E-state index in [4.69, 9.17) is 0 Å². The summed E-state index contributed by atoms with van der Waals surface area (Å²) < 4.78 is 27.0. The van der Waals surface area contributed by atoms with E-state index in [0.29, 0.717) is 25.7 Å². The minimum atomic E-state index is -3.37. The smallest absolute Gasteiger partial charge is 0.308 e. The zero-order chi connectivity index (χ0) is 25.5. The van der Waals surface area contributed by atoms with Gasteiger partial charge in [0.15, 0.2) is 0 Å². The van der Waals surface area contributed by atoms with Crippen LogP contribution in [0.15, 0.2) is 60.7 Å². The largest absolute Gasteiger partial charge is 0.481 e. The highest BCUT2D eigenvalue weighted by Crippen LogP contribution is 2.37. The number of sulfonamides is 1. The molecule has 8 heteroatoms. The molecule has 0 radical (unpaired) electrons. The maximum atomic E-state index is 13.9. The molecule has 1 aliphatic heterocycles. The lowest BCUT2D eigenvalue weighted by atomic mass is 9.72. The van der Waals surface area contributed by atoms with Crippen molar-refractivity contribution in [2.75, 3.05) is 18.8 Å². The zero-order valence-corrected chi connectivity index (χ0v) is 21.3. The SMILES string of the molecule is CCCCS(=O)(=O)N1CCC(C(=O)NC(Cc2ccccc2)C(C)C(=O)O)(c2ccccc2)CC1. The molecule has 2 atom stereocenters. The van der Waals surface area contributed by atoms with Crippen LogP contribution in [0.4, 0.5) is 0 Å². The van der Waals surface area contributed by atoms with Gasteiger partial charge in [0.25, 0.3) is 0 Å². The van der Waals surface area contributed by atoms with Crippen LogP contribution in [-0.4, -0.2) is 54.6 Å². The second kappa shape index (κ2) is 11.8. The van der Waals surface area contributed by atoms with Crippen molar-refractivity contribution in [3.8, 4) is 0 Å². The first kappa shape index (κ1) is 26.9. The Morgan fingerprint density at radius 2 is 1.60 bits per heavy atom. The number of carbonyl (C=O) groups excluding carboxylic acids is 1. The summed E-state index contributed by atoms with van der Waals surface area (Å²) in [6, 6.07) is 18.3. The molecule has 2 aromatic rings. The van der Waals surface area contributed by atoms with Crippen molar-refractivity contribution in [2.24, 2.45) is 5.92 Å². The van der Waals surface area contributed by atoms with Gasteiger partial charge in [-0.25, -0.2) is 12.7 Å². The van der Waals surface area contributed by atoms with Gasteiger partial charge in [0.1, 0.15) is 0 Å². The lowest BCUT2D eigenvalue weighted by Gasteiger charge is -2.41. The Morgan fingerprint density at radius 1 is 1.03 bits per heavy atom. The van der Waals surface area contributed by atoms with Crippen molar-refractivity contribution in [3.05, 3.63) is 71.8 Å². The van der Waals surface area contributed by atoms with Crippen LogP contribution in [0.5, 0.6) is 0 Å². The van der Waals surface area contributed by atoms with Gasteiger partial charge < -0.3 is 10.4 Å². The standard InChI is InChI=1S/C27H36N2O5S/c1-3-4-19-35(33,34)29-17-15-27(16-18-29,23-13-9-6-10-14-23)26(32)28-24(21(2)25(30)31)20-22-11-7-5-8-12-22/h5-14,21,24H,3-4,15-20H2,1-2H3,(H,28,32)(H,30,31). The zero-order valence-electron chi connectivity index (χ0n) is 20.5. The molecule has 2 N–H and O–H groups in total. The fraction of sp³-hybridized carbons (Fsp3) is 0.481. The average molecular weight is 501 g/mol. The minimum Gasteiger partial charge on any atom is -0.481 e. The molecule has 35 heavy (non-hydrogen) atoms. The molecule has 7 nitrogen and oxygen atoms in total. The van der Waals surface area contributed by atoms with E-state index in [0.717, 1.165) is 17.5 Å². The summed E-state index contributed by atoms with van der Waals surface area (Å²) in [5.41, 5.74) is 0.839. The number of rotatable bonds is 11. The van der Waals surface area contributed by atoms with E-state index in [1.54, 1.807) is 6.92 Å². The van der Waals surface area contributed by atoms with Crippen molar-refractivity contribution >= 4 is 21.9 Å². The number of unbranched alkanes of at least 4 members (excludes halogenated alkanes) is 1. The Labute approximate surface area is 208 Å². The summed E-state index contributed by atoms with van der Waals surface area (Å²) in [7, 11) is -3.37. The summed E-state index contributed by atoms with van der Waals surface area (Å²) in [6.07, 6.45) is 2.48. The van der Waals surface area contributed by atoms with Crippen molar-refractivity contribution < 1.29 is 23.1 Å². The number of hydrogen-bond donors (Lipinski definition) is 2. The first-order valence-electron chi connectivity index (χ1n) is 12.3. The van der Waals surface area contributed by atoms with Crippen LogP contribution >= 0.6 is 0 Å². The van der Waals surface area contributed by atoms with Crippen LogP contribution in [0.1, 0.15) is 50.7 Å². The van der Waals surface area contributed by atoms with Crippen molar-refractivity contribution in [2.45, 2.75) is 57.4 Å². The van der Waals surface area contributed by atoms with Gasteiger partial charge in [0, 0.05) is 19.1 Å². The van der Waals surface area contributed by atoms with Gasteiger partial charge in [-0.3, -0.25) is 9.59 Å². The molecule has 3 rings (SSSR count). The van der Waals surface area contributed by atoms with E-state index >= 15 is 0 Å². The number of piperidine rings is 1. The molecule has 0 saturated carbocycles. The highest BCUT2D eigenvalue weighted by atomic mass is 32.2. The van der Waals surface area contributed by atoms with E-state index in [2.05, 4.69) is 5.32 Å². The summed E-state index contributed by atoms with van der Waals surface area (Å²) in [5.74, 6) is -1.90. The van der Waals surface area contributed by atoms with Crippen LogP contribution in [0, 0.1) is 5.92 Å². The lowest BCUT2D eigenvalue weighted by Crippen LogP contribution is -2.56. The van der Waals surface area contributed by atoms with E-state index in [9.17, 15) is 23.1 Å². The van der Waals surface area contributed by atoms with E-state index in [-0.39, 0.29) is 24.7 Å². The van der Waals surface area contributed by atoms with Gasteiger partial charge in [-0.05, 0) is 43.7 Å². The number of carbonyl (C=O) groups is 2. The number of amides is 1. The Kier molecular flexibility index (Phi) is 9.08. The van der Waals surface area contributed by atoms with Crippen LogP contribution < -0.4 is 5.32 Å². The number of carboxylic acids is 1. The first-order valence-corrected chi connectivity index (χ1v) is 13.9. The molecule has 1 saturated heterocycles. The summed E-state index contributed by atoms with van der Waals surface area (Å²) in [5, 5.41) is 12.8. The van der Waals surface area contributed by atoms with E-state index < -0.39 is 33.4 Å². The molecule has 0 aliphatic carbocycles. The number of nitrogens with zero attached hydrogens (tertiary/aromatic N) is 1. The highest BCUT2D eigenvalue weighted by molar-refractivity contribution is 7.89. The average Bonchev–Trinajstić information content (AvgIpc) is 2.87. The second-order valence-corrected chi connectivity index (χ2v) is 11.5. The van der Waals surface area contributed by atoms with E-state index in [1.165, 1.54) is 4.31 Å². The molecular weight excluding hydrogens is 464 g/mol. The number of nitrogens with one attached hydrogen (secondary N) is 1. The molecule has 1 heterocycles. The van der Waals surface area contributed by atoms with Crippen molar-refractivity contribution in [1.29, 1.82) is 0 Å². The predicted molar refractivity (Wildman–Crippen MR) is 136 cm³/mol. The fourth-order valence-electron chi connectivity index (χ4n) is 4.71. The summed E-state index contributed by atoms with van der Waals surface area (Å²) >= 11 is 0. The lowest BCUT2D eigenvalue weighted by molar-refractivity contribution is -0.142. The van der Waals surface area contributed by atoms with E-state index in [1.807, 2.05) is 67.6 Å². The minimum absolute atomic E-state index is 0.114. The Hall–Kier alpha value is -2.71. The molecule has 1 amide bonds. The normalized spacial score (nSPS) is 17.9. The molecular formula is C27H36N2O5S. The Balaban J connectivity index is 1.87. The Bertz CT molecular complexity index is 1080. The molecule has 1 aliphatic rings. The van der Waals surface area contributed by atoms with Gasteiger partial charge in [0.2, 0.25) is 15.9 Å². The fourth-order valence-corrected chi connectivity index (χ4v) is 6.36. The van der Waals surface area contributed by atoms with Crippen molar-refractivity contribution in [1.82, 2.24) is 9.62 Å². The maximum absolute atomic E-state index is 13.9. The third-order valence-electron chi connectivity index (χ3n) is 7.09. The maximum Gasteiger partial charge on any atom is 0.308 e. The molecule has 0 aromatic heterocycles. The van der Waals surface area contributed by atoms with Crippen LogP contribution in [0.2, 0.25) is 0 Å². The third kappa shape index (κ3) is 6.49. The van der Waals surface area contributed by atoms with Crippen LogP contribution in [-0.2, 0) is 31.4 Å². The topological polar surface area (TPSA) is 104 Å². The molecule has 1 fully saturated rings. The second-order valence-electron chi connectivity index (χ2n) is 9.41. The molecule has 190 valence electrons. The van der Waals surface area contributed by atoms with Crippen molar-refractivity contribution in [3.63, 3.8) is 0 Å². The molecule has 2 aromatic carbocycles. The van der Waals surface area contributed by atoms with Gasteiger partial charge in [-0.15, -0.1) is 0 Å². The number of hydrogen-bond acceptors (Lipinski definition) is 4. The summed E-state index contributed by atoms with van der Waals surface area (Å²) in [4.78, 5) is 25.8. The Morgan fingerprint density at radius 3 is 2.14 bits per heavy atom. The van der Waals surface area contributed by atoms with Gasteiger partial charge in [-0.2, -0.15) is 0 Å². The summed E-state index contributed by atoms with van der Waals surface area (Å²) in [6.45, 7) is 4.08. The van der Waals surface area contributed by atoms with Crippen LogP contribution in [0.25, 0.3) is 0 Å². The number of benzene rings is 2. The highest BCUT2D eigenvalue weighted by Gasteiger charge is 2.45. The van der Waals surface area contributed by atoms with Gasteiger partial charge >= 0.3 is 5.97 Å². The van der Waals surface area contributed by atoms with Gasteiger partial charge in [-0.1, -0.05) is 74.0 Å².